The van der Waals surface area contributed by atoms with Gasteiger partial charge in [0.25, 0.3) is 5.91 Å². The van der Waals surface area contributed by atoms with Gasteiger partial charge in [-0.25, -0.2) is 9.78 Å². The number of anilines is 4. The summed E-state index contributed by atoms with van der Waals surface area (Å²) in [6.07, 6.45) is 0.560. The van der Waals surface area contributed by atoms with Crippen LogP contribution < -0.4 is 16.0 Å². The summed E-state index contributed by atoms with van der Waals surface area (Å²) in [4.78, 5) is 34.0. The van der Waals surface area contributed by atoms with Gasteiger partial charge in [0.15, 0.2) is 0 Å². The molecule has 0 bridgehead atoms. The molecule has 0 fully saturated rings. The number of aryl methyl sites for hydroxylation is 1. The van der Waals surface area contributed by atoms with Gasteiger partial charge in [0.1, 0.15) is 11.6 Å². The van der Waals surface area contributed by atoms with Crippen molar-refractivity contribution in [1.82, 2.24) is 20.2 Å². The second-order valence-electron chi connectivity index (χ2n) is 8.96. The second kappa shape index (κ2) is 10.7. The normalized spacial score (nSPS) is 11.0. The Morgan fingerprint density at radius 2 is 1.83 bits per heavy atom. The first-order chi connectivity index (χ1) is 16.5. The Morgan fingerprint density at radius 3 is 2.54 bits per heavy atom. The van der Waals surface area contributed by atoms with Crippen LogP contribution in [0.2, 0.25) is 0 Å². The van der Waals surface area contributed by atoms with E-state index in [4.69, 9.17) is 0 Å². The number of hydrogen-bond donors (Lipinski definition) is 5. The Hall–Kier alpha value is -4.34. The summed E-state index contributed by atoms with van der Waals surface area (Å²) in [5.41, 5.74) is 2.14. The van der Waals surface area contributed by atoms with Crippen LogP contribution in [0, 0.1) is 6.92 Å². The van der Waals surface area contributed by atoms with Crippen LogP contribution in [0.5, 0.6) is 5.75 Å². The topological polar surface area (TPSA) is 140 Å². The number of benzene rings is 2. The minimum atomic E-state index is -1.03. The molecule has 0 aliphatic carbocycles. The molecule has 0 spiro atoms. The standard InChI is InChI=1S/C25H30N6O4/c1-16-8-9-19(32)15-20(16)29-21-10-11-27-23(30-21)28-18-7-5-6-17(14-18)22(33)26-12-13-31(24(34)35)25(2,3)4/h5-11,14-15,32H,12-13H2,1-4H3,(H,26,33)(H,34,35)(H2,27,28,29,30). The number of nitrogens with zero attached hydrogens (tertiary/aromatic N) is 3. The molecular formula is C25H30N6O4. The number of nitrogens with one attached hydrogen (secondary N) is 3. The Morgan fingerprint density at radius 1 is 1.06 bits per heavy atom. The zero-order chi connectivity index (χ0) is 25.6. The Bertz CT molecular complexity index is 1210. The fraction of sp³-hybridized carbons (Fsp3) is 0.280. The summed E-state index contributed by atoms with van der Waals surface area (Å²) in [5.74, 6) is 0.692. The van der Waals surface area contributed by atoms with Crippen LogP contribution in [-0.4, -0.2) is 55.7 Å². The zero-order valence-corrected chi connectivity index (χ0v) is 20.2. The third-order valence-corrected chi connectivity index (χ3v) is 5.18. The van der Waals surface area contributed by atoms with Crippen LogP contribution in [0.4, 0.5) is 27.9 Å². The number of carbonyl (C=O) groups is 2. The molecule has 0 aliphatic heterocycles. The maximum absolute atomic E-state index is 12.6. The van der Waals surface area contributed by atoms with E-state index in [1.165, 1.54) is 4.90 Å². The minimum Gasteiger partial charge on any atom is -0.508 e. The first kappa shape index (κ1) is 25.3. The summed E-state index contributed by atoms with van der Waals surface area (Å²) in [6, 6.07) is 13.6. The van der Waals surface area contributed by atoms with E-state index in [9.17, 15) is 19.8 Å². The molecule has 3 rings (SSSR count). The van der Waals surface area contributed by atoms with E-state index in [-0.39, 0.29) is 24.7 Å². The number of carbonyl (C=O) groups excluding carboxylic acids is 1. The number of hydrogen-bond acceptors (Lipinski definition) is 7. The van der Waals surface area contributed by atoms with Crippen molar-refractivity contribution in [2.24, 2.45) is 0 Å². The van der Waals surface area contributed by atoms with Gasteiger partial charge in [-0.2, -0.15) is 4.98 Å². The van der Waals surface area contributed by atoms with Crippen LogP contribution in [-0.2, 0) is 0 Å². The van der Waals surface area contributed by atoms with Crippen LogP contribution in [0.25, 0.3) is 0 Å². The summed E-state index contributed by atoms with van der Waals surface area (Å²) in [7, 11) is 0. The van der Waals surface area contributed by atoms with Gasteiger partial charge in [0, 0.05) is 47.8 Å². The summed E-state index contributed by atoms with van der Waals surface area (Å²) >= 11 is 0. The van der Waals surface area contributed by atoms with Crippen molar-refractivity contribution in [2.75, 3.05) is 23.7 Å². The van der Waals surface area contributed by atoms with Gasteiger partial charge >= 0.3 is 6.09 Å². The molecule has 0 saturated carbocycles. The number of aromatic hydroxyl groups is 1. The molecule has 3 aromatic rings. The van der Waals surface area contributed by atoms with Crippen molar-refractivity contribution >= 4 is 35.1 Å². The number of rotatable bonds is 8. The lowest BCUT2D eigenvalue weighted by atomic mass is 10.1. The smallest absolute Gasteiger partial charge is 0.407 e. The summed E-state index contributed by atoms with van der Waals surface area (Å²) < 4.78 is 0. The molecule has 2 aromatic carbocycles. The lowest BCUT2D eigenvalue weighted by Crippen LogP contribution is -2.48. The van der Waals surface area contributed by atoms with Gasteiger partial charge < -0.3 is 31.1 Å². The van der Waals surface area contributed by atoms with Gasteiger partial charge in [0.2, 0.25) is 5.95 Å². The van der Waals surface area contributed by atoms with Crippen LogP contribution in [0.3, 0.4) is 0 Å². The number of aromatic nitrogens is 2. The minimum absolute atomic E-state index is 0.148. The molecule has 10 nitrogen and oxygen atoms in total. The highest BCUT2D eigenvalue weighted by Crippen LogP contribution is 2.24. The van der Waals surface area contributed by atoms with Crippen LogP contribution >= 0.6 is 0 Å². The quantitative estimate of drug-likeness (QED) is 0.319. The molecule has 0 aliphatic rings. The van der Waals surface area contributed by atoms with Gasteiger partial charge in [-0.05, 0) is 63.6 Å². The SMILES string of the molecule is Cc1ccc(O)cc1Nc1ccnc(Nc2cccc(C(=O)NCCN(C(=O)O)C(C)(C)C)c2)n1. The van der Waals surface area contributed by atoms with Crippen molar-refractivity contribution in [1.29, 1.82) is 0 Å². The molecular weight excluding hydrogens is 448 g/mol. The summed E-state index contributed by atoms with van der Waals surface area (Å²) in [6.45, 7) is 7.68. The summed E-state index contributed by atoms with van der Waals surface area (Å²) in [5, 5.41) is 28.1. The lowest BCUT2D eigenvalue weighted by molar-refractivity contribution is 0.0892. The van der Waals surface area contributed by atoms with Crippen molar-refractivity contribution in [3.8, 4) is 5.75 Å². The number of amides is 2. The predicted molar refractivity (Wildman–Crippen MR) is 135 cm³/mol. The Labute approximate surface area is 204 Å². The highest BCUT2D eigenvalue weighted by atomic mass is 16.4. The van der Waals surface area contributed by atoms with Crippen molar-refractivity contribution < 1.29 is 19.8 Å². The van der Waals surface area contributed by atoms with E-state index in [2.05, 4.69) is 25.9 Å². The molecule has 10 heteroatoms. The number of phenols is 1. The van der Waals surface area contributed by atoms with E-state index < -0.39 is 11.6 Å². The van der Waals surface area contributed by atoms with E-state index in [1.807, 2.05) is 6.92 Å². The maximum Gasteiger partial charge on any atom is 0.407 e. The predicted octanol–water partition coefficient (Wildman–Crippen LogP) is 4.49. The molecule has 184 valence electrons. The van der Waals surface area contributed by atoms with Gasteiger partial charge in [-0.3, -0.25) is 4.79 Å². The molecule has 2 amide bonds. The van der Waals surface area contributed by atoms with Crippen LogP contribution in [0.15, 0.2) is 54.7 Å². The Kier molecular flexibility index (Phi) is 7.75. The Balaban J connectivity index is 1.64. The fourth-order valence-corrected chi connectivity index (χ4v) is 3.34. The van der Waals surface area contributed by atoms with Gasteiger partial charge in [0.05, 0.1) is 0 Å². The third-order valence-electron chi connectivity index (χ3n) is 5.18. The number of phenolic OH excluding ortho intramolecular Hbond substituents is 1. The first-order valence-electron chi connectivity index (χ1n) is 11.1. The first-order valence-corrected chi connectivity index (χ1v) is 11.1. The molecule has 1 heterocycles. The molecule has 0 saturated heterocycles. The van der Waals surface area contributed by atoms with Gasteiger partial charge in [-0.15, -0.1) is 0 Å². The van der Waals surface area contributed by atoms with Crippen LogP contribution in [0.1, 0.15) is 36.7 Å². The molecule has 0 radical (unpaired) electrons. The van der Waals surface area contributed by atoms with Gasteiger partial charge in [-0.1, -0.05) is 12.1 Å². The monoisotopic (exact) mass is 478 g/mol. The molecule has 35 heavy (non-hydrogen) atoms. The highest BCUT2D eigenvalue weighted by molar-refractivity contribution is 5.95. The molecule has 1 aromatic heterocycles. The van der Waals surface area contributed by atoms with E-state index in [0.717, 1.165) is 11.3 Å². The third kappa shape index (κ3) is 7.07. The van der Waals surface area contributed by atoms with E-state index in [1.54, 1.807) is 75.5 Å². The van der Waals surface area contributed by atoms with Crippen molar-refractivity contribution in [3.05, 3.63) is 65.9 Å². The molecule has 5 N–H and O–H groups in total. The fourth-order valence-electron chi connectivity index (χ4n) is 3.34. The molecule has 0 atom stereocenters. The largest absolute Gasteiger partial charge is 0.508 e. The molecule has 0 unspecified atom stereocenters. The maximum atomic E-state index is 12.6. The zero-order valence-electron chi connectivity index (χ0n) is 20.2. The van der Waals surface area contributed by atoms with E-state index >= 15 is 0 Å². The lowest BCUT2D eigenvalue weighted by Gasteiger charge is -2.33. The van der Waals surface area contributed by atoms with E-state index in [0.29, 0.717) is 23.0 Å². The number of carboxylic acid groups (broad SMARTS) is 1. The highest BCUT2D eigenvalue weighted by Gasteiger charge is 2.25. The van der Waals surface area contributed by atoms with Crippen molar-refractivity contribution in [3.63, 3.8) is 0 Å². The van der Waals surface area contributed by atoms with Crippen molar-refractivity contribution in [2.45, 2.75) is 33.2 Å². The average Bonchev–Trinajstić information content (AvgIpc) is 2.78. The average molecular weight is 479 g/mol. The second-order valence-corrected chi connectivity index (χ2v) is 8.96.